The third-order valence-electron chi connectivity index (χ3n) is 5.54. The van der Waals surface area contributed by atoms with E-state index in [1.807, 2.05) is 30.3 Å². The molecule has 0 saturated heterocycles. The maximum Gasteiger partial charge on any atom is 0.341 e. The summed E-state index contributed by atoms with van der Waals surface area (Å²) in [5.74, 6) is -0.302. The molecule has 0 radical (unpaired) electrons. The third kappa shape index (κ3) is 5.05. The van der Waals surface area contributed by atoms with Crippen LogP contribution in [0.2, 0.25) is 0 Å². The highest BCUT2D eigenvalue weighted by molar-refractivity contribution is 7.17. The van der Waals surface area contributed by atoms with Gasteiger partial charge in [-0.3, -0.25) is 4.79 Å². The fourth-order valence-electron chi connectivity index (χ4n) is 3.87. The number of fused-ring (bicyclic) bond motifs is 1. The number of thiophene rings is 1. The Morgan fingerprint density at radius 3 is 2.65 bits per heavy atom. The maximum absolute atomic E-state index is 12.9. The summed E-state index contributed by atoms with van der Waals surface area (Å²) in [4.78, 5) is 26.7. The van der Waals surface area contributed by atoms with Crippen LogP contribution in [0.15, 0.2) is 29.8 Å². The SMILES string of the molecule is CCOC(=O)c1c(NC(=O)/C(C#N)=C/c2ccc(C(C)C)cc2)sc2c1C(C)CCC2. The molecule has 0 fully saturated rings. The first-order chi connectivity index (χ1) is 14.8. The predicted molar refractivity (Wildman–Crippen MR) is 124 cm³/mol. The Labute approximate surface area is 187 Å². The number of amides is 1. The van der Waals surface area contributed by atoms with Gasteiger partial charge in [0.05, 0.1) is 12.2 Å². The minimum absolute atomic E-state index is 0.00785. The zero-order chi connectivity index (χ0) is 22.5. The van der Waals surface area contributed by atoms with Gasteiger partial charge in [0.2, 0.25) is 0 Å². The van der Waals surface area contributed by atoms with Crippen LogP contribution in [0.3, 0.4) is 0 Å². The number of nitriles is 1. The molecule has 31 heavy (non-hydrogen) atoms. The molecule has 1 atom stereocenters. The largest absolute Gasteiger partial charge is 0.462 e. The van der Waals surface area contributed by atoms with Gasteiger partial charge in [0.1, 0.15) is 16.6 Å². The number of aryl methyl sites for hydroxylation is 1. The molecule has 162 valence electrons. The Bertz CT molecular complexity index is 1040. The fraction of sp³-hybridized carbons (Fsp3) is 0.400. The fourth-order valence-corrected chi connectivity index (χ4v) is 5.21. The standard InChI is InChI=1S/C25H28N2O3S/c1-5-30-25(29)22-21-16(4)7-6-8-20(21)31-24(22)27-23(28)19(14-26)13-17-9-11-18(12-10-17)15(2)3/h9-13,15-16H,5-8H2,1-4H3,(H,27,28)/b19-13+. The number of rotatable bonds is 6. The summed E-state index contributed by atoms with van der Waals surface area (Å²) in [7, 11) is 0. The first kappa shape index (κ1) is 22.8. The van der Waals surface area contributed by atoms with Crippen molar-refractivity contribution < 1.29 is 14.3 Å². The normalized spacial score (nSPS) is 15.9. The highest BCUT2D eigenvalue weighted by atomic mass is 32.1. The van der Waals surface area contributed by atoms with E-state index in [1.54, 1.807) is 13.0 Å². The van der Waals surface area contributed by atoms with Crippen molar-refractivity contribution >= 4 is 34.3 Å². The molecule has 1 aliphatic rings. The lowest BCUT2D eigenvalue weighted by Gasteiger charge is -2.19. The van der Waals surface area contributed by atoms with Crippen LogP contribution in [-0.2, 0) is 16.0 Å². The van der Waals surface area contributed by atoms with E-state index in [0.29, 0.717) is 16.5 Å². The molecule has 1 heterocycles. The van der Waals surface area contributed by atoms with Crippen molar-refractivity contribution in [2.45, 2.75) is 58.8 Å². The minimum atomic E-state index is -0.521. The van der Waals surface area contributed by atoms with Crippen molar-refractivity contribution in [3.05, 3.63) is 57.0 Å². The first-order valence-electron chi connectivity index (χ1n) is 10.7. The van der Waals surface area contributed by atoms with E-state index in [1.165, 1.54) is 16.9 Å². The second-order valence-electron chi connectivity index (χ2n) is 8.10. The van der Waals surface area contributed by atoms with Gasteiger partial charge in [-0.15, -0.1) is 11.3 Å². The average Bonchev–Trinajstić information content (AvgIpc) is 3.11. The van der Waals surface area contributed by atoms with Crippen molar-refractivity contribution in [1.82, 2.24) is 0 Å². The Hall–Kier alpha value is -2.91. The first-order valence-corrected chi connectivity index (χ1v) is 11.5. The van der Waals surface area contributed by atoms with Crippen LogP contribution in [-0.4, -0.2) is 18.5 Å². The quantitative estimate of drug-likeness (QED) is 0.340. The Morgan fingerprint density at radius 1 is 1.32 bits per heavy atom. The lowest BCUT2D eigenvalue weighted by molar-refractivity contribution is -0.112. The summed E-state index contributed by atoms with van der Waals surface area (Å²) in [6, 6.07) is 9.78. The van der Waals surface area contributed by atoms with Crippen molar-refractivity contribution in [3.63, 3.8) is 0 Å². The predicted octanol–water partition coefficient (Wildman–Crippen LogP) is 6.03. The third-order valence-corrected chi connectivity index (χ3v) is 6.72. The molecule has 3 rings (SSSR count). The highest BCUT2D eigenvalue weighted by Gasteiger charge is 2.31. The number of benzene rings is 1. The molecule has 0 aliphatic heterocycles. The second kappa shape index (κ2) is 9.93. The molecule has 1 unspecified atom stereocenters. The number of hydrogen-bond acceptors (Lipinski definition) is 5. The van der Waals surface area contributed by atoms with Gasteiger partial charge in [0.15, 0.2) is 0 Å². The number of esters is 1. The Balaban J connectivity index is 1.91. The summed E-state index contributed by atoms with van der Waals surface area (Å²) >= 11 is 1.42. The van der Waals surface area contributed by atoms with E-state index in [2.05, 4.69) is 26.1 Å². The molecule has 2 aromatic rings. The molecule has 1 aromatic heterocycles. The van der Waals surface area contributed by atoms with E-state index < -0.39 is 11.9 Å². The van der Waals surface area contributed by atoms with Gasteiger partial charge in [-0.25, -0.2) is 4.79 Å². The van der Waals surface area contributed by atoms with Crippen LogP contribution in [0.5, 0.6) is 0 Å². The molecule has 0 saturated carbocycles. The number of ether oxygens (including phenoxy) is 1. The minimum Gasteiger partial charge on any atom is -0.462 e. The monoisotopic (exact) mass is 436 g/mol. The zero-order valence-electron chi connectivity index (χ0n) is 18.5. The Kier molecular flexibility index (Phi) is 7.29. The van der Waals surface area contributed by atoms with Gasteiger partial charge in [-0.1, -0.05) is 45.0 Å². The molecule has 5 nitrogen and oxygen atoms in total. The van der Waals surface area contributed by atoms with E-state index in [4.69, 9.17) is 4.74 Å². The van der Waals surface area contributed by atoms with E-state index >= 15 is 0 Å². The van der Waals surface area contributed by atoms with E-state index in [9.17, 15) is 14.9 Å². The van der Waals surface area contributed by atoms with E-state index in [0.717, 1.165) is 35.3 Å². The van der Waals surface area contributed by atoms with Crippen LogP contribution in [0.25, 0.3) is 6.08 Å². The maximum atomic E-state index is 12.9. The molecular formula is C25H28N2O3S. The molecule has 1 N–H and O–H groups in total. The van der Waals surface area contributed by atoms with Crippen LogP contribution >= 0.6 is 11.3 Å². The van der Waals surface area contributed by atoms with Gasteiger partial charge < -0.3 is 10.1 Å². The smallest absolute Gasteiger partial charge is 0.341 e. The number of nitrogens with one attached hydrogen (secondary N) is 1. The average molecular weight is 437 g/mol. The Morgan fingerprint density at radius 2 is 2.03 bits per heavy atom. The van der Waals surface area contributed by atoms with Gasteiger partial charge in [0.25, 0.3) is 5.91 Å². The number of carbonyl (C=O) groups is 2. The second-order valence-corrected chi connectivity index (χ2v) is 9.21. The van der Waals surface area contributed by atoms with Crippen molar-refractivity contribution in [1.29, 1.82) is 5.26 Å². The van der Waals surface area contributed by atoms with E-state index in [-0.39, 0.29) is 18.1 Å². The molecule has 0 spiro atoms. The van der Waals surface area contributed by atoms with Crippen LogP contribution in [0.4, 0.5) is 5.00 Å². The summed E-state index contributed by atoms with van der Waals surface area (Å²) < 4.78 is 5.27. The van der Waals surface area contributed by atoms with Gasteiger partial charge in [0, 0.05) is 4.88 Å². The van der Waals surface area contributed by atoms with Gasteiger partial charge in [-0.05, 0) is 60.8 Å². The van der Waals surface area contributed by atoms with Crippen LogP contribution in [0, 0.1) is 11.3 Å². The topological polar surface area (TPSA) is 79.2 Å². The summed E-state index contributed by atoms with van der Waals surface area (Å²) in [6.45, 7) is 8.35. The zero-order valence-corrected chi connectivity index (χ0v) is 19.3. The van der Waals surface area contributed by atoms with Crippen LogP contribution < -0.4 is 5.32 Å². The number of anilines is 1. The van der Waals surface area contributed by atoms with Crippen molar-refractivity contribution in [2.24, 2.45) is 0 Å². The summed E-state index contributed by atoms with van der Waals surface area (Å²) in [5.41, 5.74) is 3.39. The highest BCUT2D eigenvalue weighted by Crippen LogP contribution is 2.43. The molecule has 0 bridgehead atoms. The molecule has 1 aliphatic carbocycles. The summed E-state index contributed by atoms with van der Waals surface area (Å²) in [6.07, 6.45) is 4.51. The van der Waals surface area contributed by atoms with Crippen LogP contribution in [0.1, 0.15) is 84.3 Å². The van der Waals surface area contributed by atoms with Crippen molar-refractivity contribution in [2.75, 3.05) is 11.9 Å². The number of hydrogen-bond donors (Lipinski definition) is 1. The lowest BCUT2D eigenvalue weighted by atomic mass is 9.86. The molecular weight excluding hydrogens is 408 g/mol. The summed E-state index contributed by atoms with van der Waals surface area (Å²) in [5, 5.41) is 12.9. The van der Waals surface area contributed by atoms with Gasteiger partial charge >= 0.3 is 5.97 Å². The lowest BCUT2D eigenvalue weighted by Crippen LogP contribution is -2.17. The molecule has 1 aromatic carbocycles. The molecule has 1 amide bonds. The number of carbonyl (C=O) groups excluding carboxylic acids is 2. The van der Waals surface area contributed by atoms with Crippen molar-refractivity contribution in [3.8, 4) is 6.07 Å². The molecule has 6 heteroatoms. The number of nitrogens with zero attached hydrogens (tertiary/aromatic N) is 1. The van der Waals surface area contributed by atoms with Gasteiger partial charge in [-0.2, -0.15) is 5.26 Å².